The van der Waals surface area contributed by atoms with Gasteiger partial charge in [-0.25, -0.2) is 8.78 Å². The normalized spacial score (nSPS) is 14.8. The van der Waals surface area contributed by atoms with Gasteiger partial charge in [0.25, 0.3) is 0 Å². The van der Waals surface area contributed by atoms with Crippen LogP contribution < -0.4 is 10.2 Å². The fourth-order valence-corrected chi connectivity index (χ4v) is 4.36. The van der Waals surface area contributed by atoms with Crippen molar-refractivity contribution in [3.05, 3.63) is 29.8 Å². The second-order valence-electron chi connectivity index (χ2n) is 5.84. The minimum Gasteiger partial charge on any atom is -0.323 e. The van der Waals surface area contributed by atoms with Crippen LogP contribution in [0.3, 0.4) is 0 Å². The molecule has 0 saturated heterocycles. The summed E-state index contributed by atoms with van der Waals surface area (Å²) >= 11 is 2.40. The van der Waals surface area contributed by atoms with Gasteiger partial charge < -0.3 is 5.32 Å². The summed E-state index contributed by atoms with van der Waals surface area (Å²) in [5, 5.41) is 10.4. The van der Waals surface area contributed by atoms with Gasteiger partial charge in [-0.15, -0.1) is 10.2 Å². The topological polar surface area (TPSA) is 75.2 Å². The maximum absolute atomic E-state index is 13.6. The summed E-state index contributed by atoms with van der Waals surface area (Å²) in [5.41, 5.74) is -0.0849. The van der Waals surface area contributed by atoms with Crippen molar-refractivity contribution in [1.29, 1.82) is 0 Å². The van der Waals surface area contributed by atoms with E-state index < -0.39 is 22.8 Å². The van der Waals surface area contributed by atoms with Crippen LogP contribution in [0.1, 0.15) is 26.7 Å². The van der Waals surface area contributed by atoms with Crippen molar-refractivity contribution in [2.75, 3.05) is 10.2 Å². The van der Waals surface area contributed by atoms with Crippen molar-refractivity contribution in [2.24, 2.45) is 0 Å². The van der Waals surface area contributed by atoms with Crippen LogP contribution >= 0.6 is 23.1 Å². The summed E-state index contributed by atoms with van der Waals surface area (Å²) in [6.45, 7) is 3.13. The molecule has 10 heteroatoms. The number of benzene rings is 1. The van der Waals surface area contributed by atoms with Crippen LogP contribution in [0.2, 0.25) is 0 Å². The first-order chi connectivity index (χ1) is 12.3. The molecule has 1 aromatic heterocycles. The first-order valence-electron chi connectivity index (χ1n) is 7.91. The number of halogens is 2. The molecule has 1 heterocycles. The minimum atomic E-state index is -0.838. The molecule has 0 spiro atoms. The highest BCUT2D eigenvalue weighted by Gasteiger charge is 2.34. The average Bonchev–Trinajstić information content (AvgIpc) is 3.29. The highest BCUT2D eigenvalue weighted by atomic mass is 32.2. The van der Waals surface area contributed by atoms with E-state index in [4.69, 9.17) is 0 Å². The third kappa shape index (κ3) is 4.36. The summed E-state index contributed by atoms with van der Waals surface area (Å²) in [5.74, 6) is -2.08. The van der Waals surface area contributed by atoms with Gasteiger partial charge in [-0.3, -0.25) is 14.5 Å². The van der Waals surface area contributed by atoms with Crippen molar-refractivity contribution < 1.29 is 18.4 Å². The highest BCUT2D eigenvalue weighted by molar-refractivity contribution is 8.02. The average molecular weight is 398 g/mol. The number of hydrogen-bond acceptors (Lipinski definition) is 6. The van der Waals surface area contributed by atoms with E-state index in [1.54, 1.807) is 11.8 Å². The van der Waals surface area contributed by atoms with Crippen LogP contribution in [0.4, 0.5) is 19.6 Å². The SMILES string of the molecule is CC(=O)N(c1nnc(SC(C)C(=O)Nc2ccc(F)cc2F)s1)C1CC1. The molecule has 1 aromatic carbocycles. The van der Waals surface area contributed by atoms with Gasteiger partial charge >= 0.3 is 0 Å². The molecule has 1 fully saturated rings. The number of rotatable bonds is 6. The van der Waals surface area contributed by atoms with Gasteiger partial charge in [0.15, 0.2) is 4.34 Å². The van der Waals surface area contributed by atoms with Gasteiger partial charge in [-0.2, -0.15) is 0 Å². The summed E-state index contributed by atoms with van der Waals surface area (Å²) < 4.78 is 27.1. The van der Waals surface area contributed by atoms with E-state index in [0.717, 1.165) is 30.7 Å². The van der Waals surface area contributed by atoms with Crippen molar-refractivity contribution in [1.82, 2.24) is 10.2 Å². The molecule has 1 atom stereocenters. The highest BCUT2D eigenvalue weighted by Crippen LogP contribution is 2.36. The molecule has 1 N–H and O–H groups in total. The summed E-state index contributed by atoms with van der Waals surface area (Å²) in [7, 11) is 0. The number of nitrogens with zero attached hydrogens (tertiary/aromatic N) is 3. The zero-order valence-corrected chi connectivity index (χ0v) is 15.7. The Morgan fingerprint density at radius 1 is 1.35 bits per heavy atom. The van der Waals surface area contributed by atoms with E-state index in [-0.39, 0.29) is 17.6 Å². The Morgan fingerprint density at radius 2 is 2.08 bits per heavy atom. The van der Waals surface area contributed by atoms with Crippen LogP contribution in [0.5, 0.6) is 0 Å². The lowest BCUT2D eigenvalue weighted by Crippen LogP contribution is -2.30. The summed E-state index contributed by atoms with van der Waals surface area (Å²) in [4.78, 5) is 25.6. The number of carbonyl (C=O) groups is 2. The lowest BCUT2D eigenvalue weighted by molar-refractivity contribution is -0.117. The quantitative estimate of drug-likeness (QED) is 0.596. The Balaban J connectivity index is 1.63. The van der Waals surface area contributed by atoms with Crippen LogP contribution in [0.15, 0.2) is 22.5 Å². The molecule has 3 rings (SSSR count). The molecule has 26 heavy (non-hydrogen) atoms. The van der Waals surface area contributed by atoms with Gasteiger partial charge in [-0.1, -0.05) is 23.1 Å². The smallest absolute Gasteiger partial charge is 0.237 e. The van der Waals surface area contributed by atoms with Gasteiger partial charge in [0.1, 0.15) is 11.6 Å². The first kappa shape index (κ1) is 18.7. The van der Waals surface area contributed by atoms with Crippen molar-refractivity contribution >= 4 is 45.7 Å². The second-order valence-corrected chi connectivity index (χ2v) is 8.39. The molecule has 2 aromatic rings. The van der Waals surface area contributed by atoms with Crippen molar-refractivity contribution in [2.45, 2.75) is 42.3 Å². The molecule has 1 aliphatic carbocycles. The van der Waals surface area contributed by atoms with E-state index >= 15 is 0 Å². The first-order valence-corrected chi connectivity index (χ1v) is 9.60. The molecular weight excluding hydrogens is 382 g/mol. The minimum absolute atomic E-state index is 0.0849. The zero-order chi connectivity index (χ0) is 18.8. The molecule has 1 saturated carbocycles. The third-order valence-electron chi connectivity index (χ3n) is 3.69. The molecule has 1 aliphatic rings. The predicted octanol–water partition coefficient (Wildman–Crippen LogP) is 3.45. The summed E-state index contributed by atoms with van der Waals surface area (Å²) in [6.07, 6.45) is 1.90. The number of aromatic nitrogens is 2. The van der Waals surface area contributed by atoms with Crippen LogP contribution in [0.25, 0.3) is 0 Å². The van der Waals surface area contributed by atoms with Gasteiger partial charge in [0.2, 0.25) is 16.9 Å². The van der Waals surface area contributed by atoms with E-state index in [9.17, 15) is 18.4 Å². The number of thioether (sulfide) groups is 1. The number of anilines is 2. The third-order valence-corrected chi connectivity index (χ3v) is 5.80. The van der Waals surface area contributed by atoms with Crippen LogP contribution in [-0.2, 0) is 9.59 Å². The monoisotopic (exact) mass is 398 g/mol. The van der Waals surface area contributed by atoms with E-state index in [1.165, 1.54) is 24.3 Å². The molecule has 138 valence electrons. The Kier molecular flexibility index (Phi) is 5.52. The molecular formula is C16H16F2N4O2S2. The van der Waals surface area contributed by atoms with Gasteiger partial charge in [0.05, 0.1) is 10.9 Å². The largest absolute Gasteiger partial charge is 0.323 e. The van der Waals surface area contributed by atoms with Gasteiger partial charge in [-0.05, 0) is 31.9 Å². The molecule has 0 radical (unpaired) electrons. The van der Waals surface area contributed by atoms with Gasteiger partial charge in [0, 0.05) is 19.0 Å². The predicted molar refractivity (Wildman–Crippen MR) is 96.4 cm³/mol. The van der Waals surface area contributed by atoms with E-state index in [0.29, 0.717) is 15.5 Å². The Bertz CT molecular complexity index is 841. The van der Waals surface area contributed by atoms with Crippen molar-refractivity contribution in [3.63, 3.8) is 0 Å². The number of carbonyl (C=O) groups excluding carboxylic acids is 2. The standard InChI is InChI=1S/C16H16F2N4O2S2/c1-8(14(24)19-13-6-3-10(17)7-12(13)18)25-16-21-20-15(26-16)22(9(2)23)11-4-5-11/h3,6-8,11H,4-5H2,1-2H3,(H,19,24). The molecule has 2 amide bonds. The fraction of sp³-hybridized carbons (Fsp3) is 0.375. The number of nitrogens with one attached hydrogen (secondary N) is 1. The Hall–Kier alpha value is -2.07. The fourth-order valence-electron chi connectivity index (χ4n) is 2.26. The Labute approximate surface area is 157 Å². The van der Waals surface area contributed by atoms with E-state index in [2.05, 4.69) is 15.5 Å². The molecule has 0 aliphatic heterocycles. The maximum atomic E-state index is 13.6. The van der Waals surface area contributed by atoms with Crippen molar-refractivity contribution in [3.8, 4) is 0 Å². The van der Waals surface area contributed by atoms with Crippen LogP contribution in [0, 0.1) is 11.6 Å². The number of amides is 2. The molecule has 6 nitrogen and oxygen atoms in total. The second kappa shape index (κ2) is 7.67. The molecule has 1 unspecified atom stereocenters. The number of hydrogen-bond donors (Lipinski definition) is 1. The maximum Gasteiger partial charge on any atom is 0.237 e. The van der Waals surface area contributed by atoms with Crippen LogP contribution in [-0.4, -0.2) is 33.3 Å². The lowest BCUT2D eigenvalue weighted by atomic mass is 10.3. The lowest BCUT2D eigenvalue weighted by Gasteiger charge is -2.15. The zero-order valence-electron chi connectivity index (χ0n) is 14.0. The summed E-state index contributed by atoms with van der Waals surface area (Å²) in [6, 6.07) is 3.13. The van der Waals surface area contributed by atoms with E-state index in [1.807, 2.05) is 0 Å². The molecule has 0 bridgehead atoms. The Morgan fingerprint density at radius 3 is 2.69 bits per heavy atom.